The van der Waals surface area contributed by atoms with Crippen LogP contribution in [-0.4, -0.2) is 47.6 Å². The molecule has 0 bridgehead atoms. The van der Waals surface area contributed by atoms with E-state index in [0.717, 1.165) is 28.9 Å². The summed E-state index contributed by atoms with van der Waals surface area (Å²) in [5.74, 6) is 0.0123. The Kier molecular flexibility index (Phi) is 4.52. The summed E-state index contributed by atoms with van der Waals surface area (Å²) in [6, 6.07) is 6.45. The van der Waals surface area contributed by atoms with E-state index in [2.05, 4.69) is 15.2 Å². The van der Waals surface area contributed by atoms with Gasteiger partial charge in [0.25, 0.3) is 0 Å². The second-order valence-corrected chi connectivity index (χ2v) is 7.73. The van der Waals surface area contributed by atoms with E-state index in [9.17, 15) is 4.79 Å². The van der Waals surface area contributed by atoms with Crippen molar-refractivity contribution < 1.29 is 9.53 Å². The van der Waals surface area contributed by atoms with Crippen LogP contribution >= 0.6 is 11.3 Å². The molecule has 24 heavy (non-hydrogen) atoms. The standard InChI is InChI=1S/C18H23N3O2S/c1-12-5-4-8-15-16(12)19-18(24-15)20-17(22)14-11-23-10-9-21(14)13-6-2-3-7-13/h4-5,8,13-14H,2-3,6-7,9-11H2,1H3,(H,19,20,22). The van der Waals surface area contributed by atoms with Crippen LogP contribution in [0.3, 0.4) is 0 Å². The van der Waals surface area contributed by atoms with Crippen molar-refractivity contribution in [2.45, 2.75) is 44.7 Å². The number of anilines is 1. The third-order valence-corrected chi connectivity index (χ3v) is 6.05. The summed E-state index contributed by atoms with van der Waals surface area (Å²) in [5, 5.41) is 3.71. The molecule has 1 N–H and O–H groups in total. The number of para-hydroxylation sites is 1. The molecule has 5 nitrogen and oxygen atoms in total. The number of nitrogens with zero attached hydrogens (tertiary/aromatic N) is 2. The predicted molar refractivity (Wildman–Crippen MR) is 96.6 cm³/mol. The number of carbonyl (C=O) groups excluding carboxylic acids is 1. The lowest BCUT2D eigenvalue weighted by molar-refractivity contribution is -0.129. The largest absolute Gasteiger partial charge is 0.378 e. The van der Waals surface area contributed by atoms with Crippen LogP contribution in [-0.2, 0) is 9.53 Å². The molecule has 2 heterocycles. The number of nitrogens with one attached hydrogen (secondary N) is 1. The minimum absolute atomic E-state index is 0.0123. The van der Waals surface area contributed by atoms with Gasteiger partial charge >= 0.3 is 0 Å². The quantitative estimate of drug-likeness (QED) is 0.928. The lowest BCUT2D eigenvalue weighted by atomic mass is 10.1. The molecule has 1 atom stereocenters. The summed E-state index contributed by atoms with van der Waals surface area (Å²) < 4.78 is 6.70. The summed E-state index contributed by atoms with van der Waals surface area (Å²) in [4.78, 5) is 19.8. The number of carbonyl (C=O) groups is 1. The number of amides is 1. The van der Waals surface area contributed by atoms with Crippen molar-refractivity contribution in [3.8, 4) is 0 Å². The molecule has 2 fully saturated rings. The number of aryl methyl sites for hydroxylation is 1. The molecule has 1 aromatic heterocycles. The maximum Gasteiger partial charge on any atom is 0.245 e. The van der Waals surface area contributed by atoms with Crippen molar-refractivity contribution in [1.29, 1.82) is 0 Å². The van der Waals surface area contributed by atoms with Crippen molar-refractivity contribution in [3.63, 3.8) is 0 Å². The highest BCUT2D eigenvalue weighted by molar-refractivity contribution is 7.22. The molecular weight excluding hydrogens is 322 g/mol. The van der Waals surface area contributed by atoms with E-state index in [-0.39, 0.29) is 11.9 Å². The number of ether oxygens (including phenoxy) is 1. The molecule has 1 saturated carbocycles. The number of benzene rings is 1. The number of thiazole rings is 1. The average molecular weight is 345 g/mol. The number of hydrogen-bond acceptors (Lipinski definition) is 5. The lowest BCUT2D eigenvalue weighted by Crippen LogP contribution is -2.55. The van der Waals surface area contributed by atoms with Crippen molar-refractivity contribution >= 4 is 32.6 Å². The fourth-order valence-electron chi connectivity index (χ4n) is 3.84. The van der Waals surface area contributed by atoms with E-state index in [1.807, 2.05) is 25.1 Å². The molecule has 6 heteroatoms. The summed E-state index contributed by atoms with van der Waals surface area (Å²) in [6.07, 6.45) is 4.94. The van der Waals surface area contributed by atoms with Crippen molar-refractivity contribution in [2.75, 3.05) is 25.1 Å². The molecule has 0 radical (unpaired) electrons. The Labute approximate surface area is 146 Å². The topological polar surface area (TPSA) is 54.5 Å². The number of fused-ring (bicyclic) bond motifs is 1. The van der Waals surface area contributed by atoms with Crippen LogP contribution in [0.2, 0.25) is 0 Å². The van der Waals surface area contributed by atoms with Gasteiger partial charge in [-0.05, 0) is 31.4 Å². The van der Waals surface area contributed by atoms with Crippen molar-refractivity contribution in [1.82, 2.24) is 9.88 Å². The molecule has 1 aromatic carbocycles. The maximum absolute atomic E-state index is 12.8. The summed E-state index contributed by atoms with van der Waals surface area (Å²) >= 11 is 1.53. The average Bonchev–Trinajstić information content (AvgIpc) is 3.24. The molecule has 1 amide bonds. The van der Waals surface area contributed by atoms with Crippen LogP contribution in [0.15, 0.2) is 18.2 Å². The van der Waals surface area contributed by atoms with Gasteiger partial charge in [-0.25, -0.2) is 4.98 Å². The molecular formula is C18H23N3O2S. The lowest BCUT2D eigenvalue weighted by Gasteiger charge is -2.38. The third-order valence-electron chi connectivity index (χ3n) is 5.12. The Morgan fingerprint density at radius 3 is 3.00 bits per heavy atom. The Morgan fingerprint density at radius 1 is 1.38 bits per heavy atom. The van der Waals surface area contributed by atoms with Gasteiger partial charge in [-0.15, -0.1) is 0 Å². The first-order valence-corrected chi connectivity index (χ1v) is 9.54. The minimum Gasteiger partial charge on any atom is -0.378 e. The second kappa shape index (κ2) is 6.78. The molecule has 4 rings (SSSR count). The van der Waals surface area contributed by atoms with Crippen molar-refractivity contribution in [2.24, 2.45) is 0 Å². The van der Waals surface area contributed by atoms with Crippen LogP contribution in [0.4, 0.5) is 5.13 Å². The molecule has 128 valence electrons. The van der Waals surface area contributed by atoms with E-state index in [1.54, 1.807) is 0 Å². The van der Waals surface area contributed by atoms with Gasteiger partial charge in [0, 0.05) is 12.6 Å². The Bertz CT molecular complexity index is 739. The first-order valence-electron chi connectivity index (χ1n) is 8.73. The van der Waals surface area contributed by atoms with Gasteiger partial charge in [-0.1, -0.05) is 36.3 Å². The smallest absolute Gasteiger partial charge is 0.245 e. The van der Waals surface area contributed by atoms with E-state index in [4.69, 9.17) is 4.74 Å². The van der Waals surface area contributed by atoms with Gasteiger partial charge in [0.05, 0.1) is 23.4 Å². The first kappa shape index (κ1) is 16.0. The minimum atomic E-state index is -0.199. The van der Waals surface area contributed by atoms with E-state index >= 15 is 0 Å². The first-order chi connectivity index (χ1) is 11.7. The molecule has 1 unspecified atom stereocenters. The fraction of sp³-hybridized carbons (Fsp3) is 0.556. The number of aromatic nitrogens is 1. The Hall–Kier alpha value is -1.50. The van der Waals surface area contributed by atoms with E-state index < -0.39 is 0 Å². The zero-order valence-electron chi connectivity index (χ0n) is 14.0. The normalized spacial score (nSPS) is 23.0. The summed E-state index contributed by atoms with van der Waals surface area (Å²) in [7, 11) is 0. The highest BCUT2D eigenvalue weighted by atomic mass is 32.1. The predicted octanol–water partition coefficient (Wildman–Crippen LogP) is 3.19. The highest BCUT2D eigenvalue weighted by Crippen LogP contribution is 2.29. The zero-order valence-corrected chi connectivity index (χ0v) is 14.8. The van der Waals surface area contributed by atoms with Gasteiger partial charge in [-0.3, -0.25) is 9.69 Å². The third kappa shape index (κ3) is 3.06. The van der Waals surface area contributed by atoms with Crippen LogP contribution in [0.1, 0.15) is 31.2 Å². The SMILES string of the molecule is Cc1cccc2sc(NC(=O)C3COCCN3C3CCCC3)nc12. The van der Waals surface area contributed by atoms with E-state index in [0.29, 0.717) is 17.8 Å². The van der Waals surface area contributed by atoms with Gasteiger partial charge < -0.3 is 10.1 Å². The maximum atomic E-state index is 12.8. The number of morpholine rings is 1. The van der Waals surface area contributed by atoms with Gasteiger partial charge in [0.1, 0.15) is 6.04 Å². The molecule has 1 aliphatic heterocycles. The summed E-state index contributed by atoms with van der Waals surface area (Å²) in [6.45, 7) is 4.10. The number of hydrogen-bond donors (Lipinski definition) is 1. The number of rotatable bonds is 3. The monoisotopic (exact) mass is 345 g/mol. The fourth-order valence-corrected chi connectivity index (χ4v) is 4.79. The molecule has 2 aliphatic rings. The highest BCUT2D eigenvalue weighted by Gasteiger charge is 2.35. The zero-order chi connectivity index (χ0) is 16.5. The van der Waals surface area contributed by atoms with Crippen LogP contribution in [0, 0.1) is 6.92 Å². The van der Waals surface area contributed by atoms with Gasteiger partial charge in [0.2, 0.25) is 5.91 Å². The molecule has 2 aromatic rings. The Morgan fingerprint density at radius 2 is 2.21 bits per heavy atom. The Balaban J connectivity index is 1.51. The van der Waals surface area contributed by atoms with Crippen LogP contribution in [0.5, 0.6) is 0 Å². The molecule has 1 saturated heterocycles. The van der Waals surface area contributed by atoms with Gasteiger partial charge in [0.15, 0.2) is 5.13 Å². The second-order valence-electron chi connectivity index (χ2n) is 6.70. The van der Waals surface area contributed by atoms with E-state index in [1.165, 1.54) is 37.0 Å². The summed E-state index contributed by atoms with van der Waals surface area (Å²) in [5.41, 5.74) is 2.11. The van der Waals surface area contributed by atoms with Gasteiger partial charge in [-0.2, -0.15) is 0 Å². The van der Waals surface area contributed by atoms with Crippen LogP contribution in [0.25, 0.3) is 10.2 Å². The molecule has 0 spiro atoms. The molecule has 1 aliphatic carbocycles. The van der Waals surface area contributed by atoms with Crippen molar-refractivity contribution in [3.05, 3.63) is 23.8 Å². The van der Waals surface area contributed by atoms with Crippen LogP contribution < -0.4 is 5.32 Å².